The molecule has 0 aliphatic carbocycles. The maximum absolute atomic E-state index is 11.7. The Morgan fingerprint density at radius 3 is 2.33 bits per heavy atom. The van der Waals surface area contributed by atoms with Crippen molar-refractivity contribution >= 4 is 17.6 Å². The summed E-state index contributed by atoms with van der Waals surface area (Å²) in [6, 6.07) is 5.71. The molecule has 0 aromatic carbocycles. The van der Waals surface area contributed by atoms with Gasteiger partial charge in [0.25, 0.3) is 0 Å². The van der Waals surface area contributed by atoms with Crippen LogP contribution in [0.1, 0.15) is 48.6 Å². The molecule has 0 amide bonds. The molecule has 3 heterocycles. The predicted octanol–water partition coefficient (Wildman–Crippen LogP) is 2.81. The standard InChI is InChI=1S/C20H27N5O2/c1-5-27-20(26)16-6-7-17(21-13-16)24-8-10-25(11-9-24)18-12-15(4)22-19(23-18)14(2)3/h6-7,12-14H,5,8-11H2,1-4H3. The van der Waals surface area contributed by atoms with E-state index in [-0.39, 0.29) is 5.97 Å². The van der Waals surface area contributed by atoms with Crippen LogP contribution in [0.3, 0.4) is 0 Å². The van der Waals surface area contributed by atoms with Gasteiger partial charge in [-0.3, -0.25) is 0 Å². The molecule has 144 valence electrons. The van der Waals surface area contributed by atoms with Crippen molar-refractivity contribution in [3.63, 3.8) is 0 Å². The summed E-state index contributed by atoms with van der Waals surface area (Å²) in [5.41, 5.74) is 1.49. The molecule has 0 radical (unpaired) electrons. The van der Waals surface area contributed by atoms with Crippen LogP contribution in [0, 0.1) is 6.92 Å². The van der Waals surface area contributed by atoms with E-state index in [1.54, 1.807) is 19.2 Å². The Kier molecular flexibility index (Phi) is 5.88. The van der Waals surface area contributed by atoms with Gasteiger partial charge in [-0.15, -0.1) is 0 Å². The van der Waals surface area contributed by atoms with Gasteiger partial charge in [0.2, 0.25) is 0 Å². The summed E-state index contributed by atoms with van der Waals surface area (Å²) in [7, 11) is 0. The Bertz CT molecular complexity index is 783. The molecule has 2 aromatic rings. The monoisotopic (exact) mass is 369 g/mol. The molecule has 1 saturated heterocycles. The number of ether oxygens (including phenoxy) is 1. The number of aromatic nitrogens is 3. The Morgan fingerprint density at radius 2 is 1.78 bits per heavy atom. The summed E-state index contributed by atoms with van der Waals surface area (Å²) < 4.78 is 5.00. The SMILES string of the molecule is CCOC(=O)c1ccc(N2CCN(c3cc(C)nc(C(C)C)n3)CC2)nc1. The first-order valence-electron chi connectivity index (χ1n) is 9.46. The average Bonchev–Trinajstić information content (AvgIpc) is 2.68. The zero-order valence-electron chi connectivity index (χ0n) is 16.5. The first-order valence-corrected chi connectivity index (χ1v) is 9.46. The Labute approximate surface area is 160 Å². The van der Waals surface area contributed by atoms with Crippen LogP contribution in [0.2, 0.25) is 0 Å². The van der Waals surface area contributed by atoms with Crippen molar-refractivity contribution in [2.24, 2.45) is 0 Å². The molecular weight excluding hydrogens is 342 g/mol. The van der Waals surface area contributed by atoms with Crippen LogP contribution in [-0.4, -0.2) is 53.7 Å². The van der Waals surface area contributed by atoms with Crippen molar-refractivity contribution in [3.8, 4) is 0 Å². The number of carbonyl (C=O) groups is 1. The van der Waals surface area contributed by atoms with E-state index >= 15 is 0 Å². The summed E-state index contributed by atoms with van der Waals surface area (Å²) in [5.74, 6) is 2.75. The minimum atomic E-state index is -0.332. The van der Waals surface area contributed by atoms with Gasteiger partial charge >= 0.3 is 5.97 Å². The summed E-state index contributed by atoms with van der Waals surface area (Å²) in [5, 5.41) is 0. The molecule has 0 unspecified atom stereocenters. The molecule has 7 nitrogen and oxygen atoms in total. The number of rotatable bonds is 5. The summed E-state index contributed by atoms with van der Waals surface area (Å²) in [6.45, 7) is 11.8. The first kappa shape index (κ1) is 19.1. The highest BCUT2D eigenvalue weighted by atomic mass is 16.5. The molecule has 0 saturated carbocycles. The summed E-state index contributed by atoms with van der Waals surface area (Å²) >= 11 is 0. The van der Waals surface area contributed by atoms with E-state index in [2.05, 4.69) is 33.6 Å². The largest absolute Gasteiger partial charge is 0.462 e. The van der Waals surface area contributed by atoms with Gasteiger partial charge in [-0.1, -0.05) is 13.8 Å². The number of aryl methyl sites for hydroxylation is 1. The van der Waals surface area contributed by atoms with Gasteiger partial charge in [0, 0.05) is 50.1 Å². The zero-order chi connectivity index (χ0) is 19.4. The van der Waals surface area contributed by atoms with Gasteiger partial charge in [0.1, 0.15) is 17.5 Å². The fourth-order valence-corrected chi connectivity index (χ4v) is 3.07. The van der Waals surface area contributed by atoms with Crippen LogP contribution >= 0.6 is 0 Å². The maximum Gasteiger partial charge on any atom is 0.339 e. The number of piperazine rings is 1. The number of hydrogen-bond donors (Lipinski definition) is 0. The third-order valence-electron chi connectivity index (χ3n) is 4.56. The lowest BCUT2D eigenvalue weighted by atomic mass is 10.2. The van der Waals surface area contributed by atoms with E-state index in [4.69, 9.17) is 9.72 Å². The Hall–Kier alpha value is -2.70. The van der Waals surface area contributed by atoms with E-state index in [9.17, 15) is 4.79 Å². The van der Waals surface area contributed by atoms with Gasteiger partial charge in [0.15, 0.2) is 0 Å². The van der Waals surface area contributed by atoms with Crippen LogP contribution in [-0.2, 0) is 4.74 Å². The van der Waals surface area contributed by atoms with Crippen molar-refractivity contribution in [1.82, 2.24) is 15.0 Å². The lowest BCUT2D eigenvalue weighted by Gasteiger charge is -2.36. The van der Waals surface area contributed by atoms with Crippen molar-refractivity contribution in [2.45, 2.75) is 33.6 Å². The second kappa shape index (κ2) is 8.33. The van der Waals surface area contributed by atoms with E-state index in [1.165, 1.54) is 0 Å². The van der Waals surface area contributed by atoms with Crippen LogP contribution in [0.4, 0.5) is 11.6 Å². The molecular formula is C20H27N5O2. The molecule has 27 heavy (non-hydrogen) atoms. The highest BCUT2D eigenvalue weighted by Gasteiger charge is 2.20. The molecule has 0 bridgehead atoms. The quantitative estimate of drug-likeness (QED) is 0.751. The minimum Gasteiger partial charge on any atom is -0.462 e. The van der Waals surface area contributed by atoms with Gasteiger partial charge < -0.3 is 14.5 Å². The summed E-state index contributed by atoms with van der Waals surface area (Å²) in [4.78, 5) is 30.0. The highest BCUT2D eigenvalue weighted by Crippen LogP contribution is 2.20. The molecule has 0 spiro atoms. The molecule has 0 atom stereocenters. The van der Waals surface area contributed by atoms with E-state index < -0.39 is 0 Å². The molecule has 1 aliphatic rings. The van der Waals surface area contributed by atoms with Crippen LogP contribution in [0.5, 0.6) is 0 Å². The third kappa shape index (κ3) is 4.53. The number of hydrogen-bond acceptors (Lipinski definition) is 7. The number of carbonyl (C=O) groups excluding carboxylic acids is 1. The highest BCUT2D eigenvalue weighted by molar-refractivity contribution is 5.89. The minimum absolute atomic E-state index is 0.312. The normalized spacial score (nSPS) is 14.6. The lowest BCUT2D eigenvalue weighted by Crippen LogP contribution is -2.47. The fraction of sp³-hybridized carbons (Fsp3) is 0.500. The molecule has 7 heteroatoms. The summed E-state index contributed by atoms with van der Waals surface area (Å²) in [6.07, 6.45) is 1.59. The molecule has 3 rings (SSSR count). The number of pyridine rings is 1. The lowest BCUT2D eigenvalue weighted by molar-refractivity contribution is 0.0526. The van der Waals surface area contributed by atoms with E-state index in [0.717, 1.165) is 49.3 Å². The van der Waals surface area contributed by atoms with Gasteiger partial charge in [-0.25, -0.2) is 19.7 Å². The zero-order valence-corrected chi connectivity index (χ0v) is 16.5. The van der Waals surface area contributed by atoms with E-state index in [1.807, 2.05) is 19.1 Å². The molecule has 2 aromatic heterocycles. The second-order valence-corrected chi connectivity index (χ2v) is 6.98. The molecule has 0 N–H and O–H groups in total. The number of anilines is 2. The second-order valence-electron chi connectivity index (χ2n) is 6.98. The van der Waals surface area contributed by atoms with Crippen LogP contribution in [0.15, 0.2) is 24.4 Å². The Balaban J connectivity index is 1.64. The number of esters is 1. The smallest absolute Gasteiger partial charge is 0.339 e. The van der Waals surface area contributed by atoms with Gasteiger partial charge in [-0.05, 0) is 26.0 Å². The topological polar surface area (TPSA) is 71.5 Å². The van der Waals surface area contributed by atoms with Crippen LogP contribution < -0.4 is 9.80 Å². The average molecular weight is 369 g/mol. The third-order valence-corrected chi connectivity index (χ3v) is 4.56. The van der Waals surface area contributed by atoms with Gasteiger partial charge in [-0.2, -0.15) is 0 Å². The van der Waals surface area contributed by atoms with Gasteiger partial charge in [0.05, 0.1) is 12.2 Å². The molecule has 1 fully saturated rings. The van der Waals surface area contributed by atoms with Crippen molar-refractivity contribution in [2.75, 3.05) is 42.6 Å². The molecule has 1 aliphatic heterocycles. The van der Waals surface area contributed by atoms with Crippen molar-refractivity contribution < 1.29 is 9.53 Å². The van der Waals surface area contributed by atoms with Crippen molar-refractivity contribution in [3.05, 3.63) is 41.5 Å². The van der Waals surface area contributed by atoms with Crippen LogP contribution in [0.25, 0.3) is 0 Å². The maximum atomic E-state index is 11.7. The number of nitrogens with zero attached hydrogens (tertiary/aromatic N) is 5. The van der Waals surface area contributed by atoms with E-state index in [0.29, 0.717) is 18.1 Å². The fourth-order valence-electron chi connectivity index (χ4n) is 3.07. The van der Waals surface area contributed by atoms with Crippen molar-refractivity contribution in [1.29, 1.82) is 0 Å². The first-order chi connectivity index (χ1) is 13.0. The predicted molar refractivity (Wildman–Crippen MR) is 105 cm³/mol. The Morgan fingerprint density at radius 1 is 1.11 bits per heavy atom.